The molecule has 1 fully saturated rings. The van der Waals surface area contributed by atoms with Crippen molar-refractivity contribution < 1.29 is 19.4 Å². The molecular weight excluding hydrogens is 270 g/mol. The molecule has 0 saturated carbocycles. The highest BCUT2D eigenvalue weighted by Gasteiger charge is 2.36. The molecule has 1 aromatic carbocycles. The zero-order chi connectivity index (χ0) is 15.4. The fourth-order valence-corrected chi connectivity index (χ4v) is 2.78. The van der Waals surface area contributed by atoms with Crippen LogP contribution in [-0.2, 0) is 9.59 Å². The maximum absolute atomic E-state index is 12.3. The smallest absolute Gasteiger partial charge is 0.326 e. The van der Waals surface area contributed by atoms with E-state index in [-0.39, 0.29) is 18.4 Å². The average molecular weight is 291 g/mol. The molecule has 21 heavy (non-hydrogen) atoms. The van der Waals surface area contributed by atoms with Crippen LogP contribution in [-0.4, -0.2) is 41.1 Å². The lowest BCUT2D eigenvalue weighted by Crippen LogP contribution is -2.53. The van der Waals surface area contributed by atoms with E-state index in [1.54, 1.807) is 6.07 Å². The van der Waals surface area contributed by atoms with Crippen LogP contribution in [0.3, 0.4) is 0 Å². The van der Waals surface area contributed by atoms with E-state index in [1.165, 1.54) is 4.90 Å². The summed E-state index contributed by atoms with van der Waals surface area (Å²) in [7, 11) is 0. The van der Waals surface area contributed by atoms with Gasteiger partial charge in [-0.3, -0.25) is 4.79 Å². The highest BCUT2D eigenvalue weighted by molar-refractivity contribution is 5.85. The van der Waals surface area contributed by atoms with Gasteiger partial charge in [0.05, 0.1) is 0 Å². The average Bonchev–Trinajstić information content (AvgIpc) is 2.44. The highest BCUT2D eigenvalue weighted by Crippen LogP contribution is 2.24. The van der Waals surface area contributed by atoms with Crippen molar-refractivity contribution in [2.75, 3.05) is 13.2 Å². The summed E-state index contributed by atoms with van der Waals surface area (Å²) in [6.07, 6.45) is 1.67. The van der Waals surface area contributed by atoms with Gasteiger partial charge in [0, 0.05) is 6.54 Å². The molecule has 0 spiro atoms. The van der Waals surface area contributed by atoms with Crippen molar-refractivity contribution in [1.29, 1.82) is 0 Å². The molecule has 1 aliphatic rings. The molecule has 2 atom stereocenters. The minimum absolute atomic E-state index is 0.0285. The van der Waals surface area contributed by atoms with Crippen LogP contribution >= 0.6 is 0 Å². The molecular formula is C16H21NO4. The Balaban J connectivity index is 2.00. The third-order valence-corrected chi connectivity index (χ3v) is 3.86. The molecule has 1 saturated heterocycles. The van der Waals surface area contributed by atoms with Crippen LogP contribution in [0.4, 0.5) is 0 Å². The first-order valence-corrected chi connectivity index (χ1v) is 7.21. The Labute approximate surface area is 124 Å². The van der Waals surface area contributed by atoms with Crippen molar-refractivity contribution in [3.63, 3.8) is 0 Å². The number of carbonyl (C=O) groups excluding carboxylic acids is 1. The minimum Gasteiger partial charge on any atom is -0.484 e. The quantitative estimate of drug-likeness (QED) is 0.922. The van der Waals surface area contributed by atoms with Crippen LogP contribution in [0.25, 0.3) is 0 Å². The summed E-state index contributed by atoms with van der Waals surface area (Å²) in [5.74, 6) is -0.610. The lowest BCUT2D eigenvalue weighted by Gasteiger charge is -2.37. The summed E-state index contributed by atoms with van der Waals surface area (Å²) in [5.41, 5.74) is 1.05. The zero-order valence-corrected chi connectivity index (χ0v) is 12.4. The van der Waals surface area contributed by atoms with Crippen LogP contribution in [0.5, 0.6) is 5.75 Å². The first kappa shape index (κ1) is 15.4. The van der Waals surface area contributed by atoms with Gasteiger partial charge in [0.15, 0.2) is 6.61 Å². The van der Waals surface area contributed by atoms with E-state index < -0.39 is 12.0 Å². The van der Waals surface area contributed by atoms with Gasteiger partial charge in [-0.2, -0.15) is 0 Å². The Bertz CT molecular complexity index is 529. The zero-order valence-electron chi connectivity index (χ0n) is 12.4. The van der Waals surface area contributed by atoms with Gasteiger partial charge >= 0.3 is 5.97 Å². The number of hydrogen-bond donors (Lipinski definition) is 1. The number of nitrogens with zero attached hydrogens (tertiary/aromatic N) is 1. The van der Waals surface area contributed by atoms with Crippen molar-refractivity contribution >= 4 is 11.9 Å². The molecule has 1 amide bonds. The Kier molecular flexibility index (Phi) is 4.83. The van der Waals surface area contributed by atoms with Crippen LogP contribution in [0.1, 0.15) is 25.3 Å². The molecule has 0 bridgehead atoms. The summed E-state index contributed by atoms with van der Waals surface area (Å²) < 4.78 is 5.48. The van der Waals surface area contributed by atoms with Crippen LogP contribution in [0.2, 0.25) is 0 Å². The largest absolute Gasteiger partial charge is 0.484 e. The topological polar surface area (TPSA) is 66.8 Å². The van der Waals surface area contributed by atoms with Crippen LogP contribution in [0.15, 0.2) is 24.3 Å². The number of ether oxygens (including phenoxy) is 1. The fraction of sp³-hybridized carbons (Fsp3) is 0.500. The summed E-state index contributed by atoms with van der Waals surface area (Å²) in [5, 5.41) is 9.31. The number of amides is 1. The second-order valence-corrected chi connectivity index (χ2v) is 5.59. The molecule has 5 nitrogen and oxygen atoms in total. The summed E-state index contributed by atoms with van der Waals surface area (Å²) >= 11 is 0. The number of carbonyl (C=O) groups is 2. The number of hydrogen-bond acceptors (Lipinski definition) is 3. The molecule has 1 heterocycles. The van der Waals surface area contributed by atoms with Crippen LogP contribution < -0.4 is 4.74 Å². The first-order chi connectivity index (χ1) is 9.99. The van der Waals surface area contributed by atoms with Gasteiger partial charge in [-0.25, -0.2) is 4.79 Å². The summed E-state index contributed by atoms with van der Waals surface area (Å²) in [6.45, 7) is 4.18. The van der Waals surface area contributed by atoms with Gasteiger partial charge in [0.1, 0.15) is 11.8 Å². The van der Waals surface area contributed by atoms with E-state index >= 15 is 0 Å². The van der Waals surface area contributed by atoms with Crippen LogP contribution in [0, 0.1) is 12.8 Å². The fourth-order valence-electron chi connectivity index (χ4n) is 2.78. The SMILES string of the molecule is Cc1cccc(OCC(=O)N2CCCC(C)C2C(=O)O)c1. The van der Waals surface area contributed by atoms with E-state index in [1.807, 2.05) is 32.0 Å². The molecule has 2 unspecified atom stereocenters. The number of rotatable bonds is 4. The predicted molar refractivity (Wildman–Crippen MR) is 78.2 cm³/mol. The van der Waals surface area contributed by atoms with Crippen molar-refractivity contribution in [3.8, 4) is 5.75 Å². The third kappa shape index (κ3) is 3.74. The lowest BCUT2D eigenvalue weighted by molar-refractivity contribution is -0.155. The standard InChI is InChI=1S/C16H21NO4/c1-11-5-3-7-13(9-11)21-10-14(18)17-8-4-6-12(2)15(17)16(19)20/h3,5,7,9,12,15H,4,6,8,10H2,1-2H3,(H,19,20). The highest BCUT2D eigenvalue weighted by atomic mass is 16.5. The molecule has 114 valence electrons. The van der Waals surface area contributed by atoms with Crippen molar-refractivity contribution in [2.24, 2.45) is 5.92 Å². The minimum atomic E-state index is -0.939. The second-order valence-electron chi connectivity index (χ2n) is 5.59. The van der Waals surface area contributed by atoms with Crippen molar-refractivity contribution in [2.45, 2.75) is 32.7 Å². The molecule has 5 heteroatoms. The van der Waals surface area contributed by atoms with Gasteiger partial charge in [0.2, 0.25) is 0 Å². The molecule has 1 N–H and O–H groups in total. The van der Waals surface area contributed by atoms with Gasteiger partial charge in [-0.1, -0.05) is 19.1 Å². The molecule has 1 aliphatic heterocycles. The van der Waals surface area contributed by atoms with Crippen molar-refractivity contribution in [3.05, 3.63) is 29.8 Å². The third-order valence-electron chi connectivity index (χ3n) is 3.86. The van der Waals surface area contributed by atoms with Crippen molar-refractivity contribution in [1.82, 2.24) is 4.90 Å². The molecule has 0 radical (unpaired) electrons. The van der Waals surface area contributed by atoms with Gasteiger partial charge in [0.25, 0.3) is 5.91 Å². The number of likely N-dealkylation sites (tertiary alicyclic amines) is 1. The Morgan fingerprint density at radius 1 is 1.43 bits per heavy atom. The Morgan fingerprint density at radius 3 is 2.86 bits per heavy atom. The maximum Gasteiger partial charge on any atom is 0.326 e. The predicted octanol–water partition coefficient (Wildman–Crippen LogP) is 2.09. The van der Waals surface area contributed by atoms with E-state index in [9.17, 15) is 14.7 Å². The monoisotopic (exact) mass is 291 g/mol. The van der Waals surface area contributed by atoms with E-state index in [0.717, 1.165) is 18.4 Å². The number of aliphatic carboxylic acids is 1. The van der Waals surface area contributed by atoms with Gasteiger partial charge in [-0.05, 0) is 43.4 Å². The van der Waals surface area contributed by atoms with Gasteiger partial charge in [-0.15, -0.1) is 0 Å². The van der Waals surface area contributed by atoms with E-state index in [2.05, 4.69) is 0 Å². The first-order valence-electron chi connectivity index (χ1n) is 7.21. The number of piperidine rings is 1. The summed E-state index contributed by atoms with van der Waals surface area (Å²) in [4.78, 5) is 25.1. The Morgan fingerprint density at radius 2 is 2.19 bits per heavy atom. The molecule has 1 aromatic rings. The second kappa shape index (κ2) is 6.61. The molecule has 2 rings (SSSR count). The Hall–Kier alpha value is -2.04. The van der Waals surface area contributed by atoms with E-state index in [0.29, 0.717) is 12.3 Å². The normalized spacial score (nSPS) is 21.9. The van der Waals surface area contributed by atoms with Gasteiger partial charge < -0.3 is 14.7 Å². The lowest BCUT2D eigenvalue weighted by atomic mass is 9.91. The number of carboxylic acids is 1. The number of aryl methyl sites for hydroxylation is 1. The number of carboxylic acid groups (broad SMARTS) is 1. The number of benzene rings is 1. The summed E-state index contributed by atoms with van der Waals surface area (Å²) in [6, 6.07) is 6.70. The molecule has 0 aromatic heterocycles. The maximum atomic E-state index is 12.3. The van der Waals surface area contributed by atoms with E-state index in [4.69, 9.17) is 4.74 Å². The molecule has 0 aliphatic carbocycles.